The van der Waals surface area contributed by atoms with Crippen molar-refractivity contribution in [1.82, 2.24) is 0 Å². The van der Waals surface area contributed by atoms with Crippen LogP contribution in [-0.2, 0) is 20.7 Å². The maximum absolute atomic E-state index is 12.3. The first-order chi connectivity index (χ1) is 11.2. The van der Waals surface area contributed by atoms with Crippen LogP contribution in [0.4, 0.5) is 0 Å². The standard InChI is InChI=1S/C16H18ClNO4S/c1-3-20-12-10(17)8-9-6-5-7-23-14(9)11(12)13-15(19)18-16(22-13)21-4-2/h8,13H,3-7H2,1-2H3. The first-order valence-electron chi connectivity index (χ1n) is 7.68. The summed E-state index contributed by atoms with van der Waals surface area (Å²) >= 11 is 8.10. The molecule has 1 unspecified atom stereocenters. The fourth-order valence-corrected chi connectivity index (χ4v) is 4.19. The molecule has 2 heterocycles. The van der Waals surface area contributed by atoms with Gasteiger partial charge in [-0.25, -0.2) is 0 Å². The van der Waals surface area contributed by atoms with Crippen LogP contribution in [0.15, 0.2) is 16.0 Å². The second kappa shape index (κ2) is 7.01. The van der Waals surface area contributed by atoms with Gasteiger partial charge in [0.15, 0.2) is 0 Å². The summed E-state index contributed by atoms with van der Waals surface area (Å²) < 4.78 is 16.6. The summed E-state index contributed by atoms with van der Waals surface area (Å²) in [4.78, 5) is 17.2. The van der Waals surface area contributed by atoms with Gasteiger partial charge in [-0.1, -0.05) is 11.6 Å². The molecule has 0 aromatic heterocycles. The Kier molecular flexibility index (Phi) is 5.02. The summed E-state index contributed by atoms with van der Waals surface area (Å²) in [5.74, 6) is 1.12. The van der Waals surface area contributed by atoms with E-state index in [1.54, 1.807) is 11.8 Å². The zero-order valence-electron chi connectivity index (χ0n) is 13.1. The van der Waals surface area contributed by atoms with Gasteiger partial charge >= 0.3 is 6.08 Å². The number of hydrogen-bond donors (Lipinski definition) is 0. The number of benzene rings is 1. The lowest BCUT2D eigenvalue weighted by atomic mass is 10.0. The maximum atomic E-state index is 12.3. The zero-order valence-corrected chi connectivity index (χ0v) is 14.6. The molecule has 0 saturated heterocycles. The Morgan fingerprint density at radius 1 is 1.39 bits per heavy atom. The van der Waals surface area contributed by atoms with Crippen LogP contribution in [-0.4, -0.2) is 31.0 Å². The summed E-state index contributed by atoms with van der Waals surface area (Å²) in [6, 6.07) is 1.93. The number of fused-ring (bicyclic) bond motifs is 1. The van der Waals surface area contributed by atoms with E-state index in [0.717, 1.165) is 29.1 Å². The van der Waals surface area contributed by atoms with Crippen molar-refractivity contribution < 1.29 is 19.0 Å². The minimum absolute atomic E-state index is 0.0134. The lowest BCUT2D eigenvalue weighted by molar-refractivity contribution is -0.123. The Labute approximate surface area is 144 Å². The molecule has 0 aliphatic carbocycles. The van der Waals surface area contributed by atoms with E-state index < -0.39 is 6.10 Å². The van der Waals surface area contributed by atoms with Crippen molar-refractivity contribution in [3.05, 3.63) is 22.2 Å². The van der Waals surface area contributed by atoms with Gasteiger partial charge in [-0.2, -0.15) is 0 Å². The molecule has 0 bridgehead atoms. The van der Waals surface area contributed by atoms with Crippen LogP contribution in [0.1, 0.15) is 37.5 Å². The highest BCUT2D eigenvalue weighted by atomic mass is 35.5. The molecule has 0 fully saturated rings. The molecule has 0 spiro atoms. The predicted octanol–water partition coefficient (Wildman–Crippen LogP) is 3.77. The normalized spacial score (nSPS) is 19.9. The fourth-order valence-electron chi connectivity index (χ4n) is 2.71. The molecule has 2 aliphatic rings. The molecular formula is C16H18ClNO4S. The number of carbonyl (C=O) groups excluding carboxylic acids is 1. The van der Waals surface area contributed by atoms with Crippen molar-refractivity contribution in [2.45, 2.75) is 37.7 Å². The van der Waals surface area contributed by atoms with Gasteiger partial charge < -0.3 is 14.2 Å². The molecule has 1 atom stereocenters. The number of ether oxygens (including phenoxy) is 3. The smallest absolute Gasteiger partial charge is 0.392 e. The third-order valence-corrected chi connectivity index (χ3v) is 5.14. The molecule has 1 amide bonds. The Bertz CT molecular complexity index is 662. The molecule has 1 aromatic rings. The molecule has 2 aliphatic heterocycles. The minimum atomic E-state index is -0.851. The van der Waals surface area contributed by atoms with Gasteiger partial charge in [-0.05, 0) is 44.1 Å². The Balaban J connectivity index is 2.06. The molecule has 1 aromatic carbocycles. The molecule has 0 radical (unpaired) electrons. The van der Waals surface area contributed by atoms with E-state index in [2.05, 4.69) is 4.99 Å². The van der Waals surface area contributed by atoms with E-state index in [1.165, 1.54) is 0 Å². The number of rotatable bonds is 4. The summed E-state index contributed by atoms with van der Waals surface area (Å²) in [5.41, 5.74) is 1.81. The lowest BCUT2D eigenvalue weighted by Gasteiger charge is -2.24. The van der Waals surface area contributed by atoms with Crippen molar-refractivity contribution in [1.29, 1.82) is 0 Å². The second-order valence-electron chi connectivity index (χ2n) is 5.12. The summed E-state index contributed by atoms with van der Waals surface area (Å²) in [6.07, 6.45) is 1.18. The largest absolute Gasteiger partial charge is 0.492 e. The van der Waals surface area contributed by atoms with Crippen molar-refractivity contribution in [3.8, 4) is 5.75 Å². The van der Waals surface area contributed by atoms with E-state index >= 15 is 0 Å². The number of nitrogens with zero attached hydrogens (tertiary/aromatic N) is 1. The highest BCUT2D eigenvalue weighted by Gasteiger charge is 2.38. The van der Waals surface area contributed by atoms with Crippen LogP contribution >= 0.6 is 23.4 Å². The molecule has 0 N–H and O–H groups in total. The number of aliphatic imine (C=N–C) groups is 1. The highest BCUT2D eigenvalue weighted by molar-refractivity contribution is 7.99. The number of aryl methyl sites for hydroxylation is 1. The monoisotopic (exact) mass is 355 g/mol. The molecule has 7 heteroatoms. The first kappa shape index (κ1) is 16.5. The topological polar surface area (TPSA) is 57.1 Å². The van der Waals surface area contributed by atoms with E-state index in [-0.39, 0.29) is 12.0 Å². The first-order valence-corrected chi connectivity index (χ1v) is 9.04. The van der Waals surface area contributed by atoms with Crippen LogP contribution in [0.3, 0.4) is 0 Å². The van der Waals surface area contributed by atoms with E-state index in [9.17, 15) is 4.79 Å². The maximum Gasteiger partial charge on any atom is 0.392 e. The van der Waals surface area contributed by atoms with Crippen LogP contribution in [0.5, 0.6) is 5.75 Å². The highest BCUT2D eigenvalue weighted by Crippen LogP contribution is 2.47. The van der Waals surface area contributed by atoms with Gasteiger partial charge in [-0.3, -0.25) is 4.79 Å². The predicted molar refractivity (Wildman–Crippen MR) is 89.6 cm³/mol. The Morgan fingerprint density at radius 2 is 2.17 bits per heavy atom. The van der Waals surface area contributed by atoms with Gasteiger partial charge in [-0.15, -0.1) is 16.8 Å². The van der Waals surface area contributed by atoms with Crippen molar-refractivity contribution in [2.24, 2.45) is 4.99 Å². The number of hydrogen-bond acceptors (Lipinski definition) is 5. The summed E-state index contributed by atoms with van der Waals surface area (Å²) in [7, 11) is 0. The van der Waals surface area contributed by atoms with Crippen LogP contribution in [0.2, 0.25) is 5.02 Å². The third kappa shape index (κ3) is 3.15. The third-order valence-electron chi connectivity index (χ3n) is 3.60. The number of halogens is 1. The Morgan fingerprint density at radius 3 is 2.91 bits per heavy atom. The SMILES string of the molecule is CCOC1=NC(=O)C(c2c(OCC)c(Cl)cc3c2SCCC3)O1. The van der Waals surface area contributed by atoms with Gasteiger partial charge in [0.1, 0.15) is 5.75 Å². The number of thioether (sulfide) groups is 1. The van der Waals surface area contributed by atoms with Crippen LogP contribution in [0, 0.1) is 0 Å². The van der Waals surface area contributed by atoms with Crippen molar-refractivity contribution >= 4 is 35.4 Å². The summed E-state index contributed by atoms with van der Waals surface area (Å²) in [5, 5.41) is 0.504. The van der Waals surface area contributed by atoms with Crippen LogP contribution in [0.25, 0.3) is 0 Å². The number of carbonyl (C=O) groups is 1. The van der Waals surface area contributed by atoms with E-state index in [4.69, 9.17) is 25.8 Å². The molecule has 23 heavy (non-hydrogen) atoms. The number of amides is 1. The van der Waals surface area contributed by atoms with E-state index in [0.29, 0.717) is 29.5 Å². The van der Waals surface area contributed by atoms with Crippen molar-refractivity contribution in [3.63, 3.8) is 0 Å². The molecular weight excluding hydrogens is 338 g/mol. The molecule has 124 valence electrons. The molecule has 5 nitrogen and oxygen atoms in total. The fraction of sp³-hybridized carbons (Fsp3) is 0.500. The van der Waals surface area contributed by atoms with E-state index in [1.807, 2.05) is 19.9 Å². The van der Waals surface area contributed by atoms with Gasteiger partial charge in [0.05, 0.1) is 23.8 Å². The minimum Gasteiger partial charge on any atom is -0.492 e. The average molecular weight is 356 g/mol. The molecule has 3 rings (SSSR count). The van der Waals surface area contributed by atoms with Gasteiger partial charge in [0.2, 0.25) is 6.10 Å². The average Bonchev–Trinajstić information content (AvgIpc) is 2.89. The van der Waals surface area contributed by atoms with Gasteiger partial charge in [0, 0.05) is 4.90 Å². The molecule has 0 saturated carbocycles. The Hall–Kier alpha value is -1.40. The second-order valence-corrected chi connectivity index (χ2v) is 6.63. The van der Waals surface area contributed by atoms with Crippen LogP contribution < -0.4 is 4.74 Å². The lowest BCUT2D eigenvalue weighted by Crippen LogP contribution is -2.16. The van der Waals surface area contributed by atoms with Gasteiger partial charge in [0.25, 0.3) is 5.91 Å². The summed E-state index contributed by atoms with van der Waals surface area (Å²) in [6.45, 7) is 4.54. The quantitative estimate of drug-likeness (QED) is 0.822. The zero-order chi connectivity index (χ0) is 16.4. The van der Waals surface area contributed by atoms with Crippen molar-refractivity contribution in [2.75, 3.05) is 19.0 Å².